The van der Waals surface area contributed by atoms with E-state index in [0.29, 0.717) is 6.54 Å². The van der Waals surface area contributed by atoms with Gasteiger partial charge >= 0.3 is 0 Å². The van der Waals surface area contributed by atoms with Crippen molar-refractivity contribution in [3.8, 4) is 0 Å². The number of amides is 1. The molecule has 2 N–H and O–H groups in total. The number of carbonyl (C=O) groups excluding carboxylic acids is 1. The lowest BCUT2D eigenvalue weighted by atomic mass is 10.3. The minimum Gasteiger partial charge on any atom is -0.357 e. The van der Waals surface area contributed by atoms with Crippen LogP contribution in [0.2, 0.25) is 0 Å². The number of halogens is 1. The van der Waals surface area contributed by atoms with Crippen LogP contribution in [0.1, 0.15) is 29.4 Å². The van der Waals surface area contributed by atoms with Crippen molar-refractivity contribution in [2.75, 3.05) is 45.8 Å². The normalized spacial score (nSPS) is 15.5. The topological polar surface area (TPSA) is 72.9 Å². The summed E-state index contributed by atoms with van der Waals surface area (Å²) in [7, 11) is 0. The third-order valence-electron chi connectivity index (χ3n) is 4.33. The van der Waals surface area contributed by atoms with Gasteiger partial charge < -0.3 is 15.5 Å². The third kappa shape index (κ3) is 7.36. The zero-order valence-electron chi connectivity index (χ0n) is 16.2. The van der Waals surface area contributed by atoms with Gasteiger partial charge in [0.2, 0.25) is 5.91 Å². The fourth-order valence-corrected chi connectivity index (χ4v) is 3.57. The van der Waals surface area contributed by atoms with Gasteiger partial charge in [0, 0.05) is 57.6 Å². The molecule has 2 rings (SSSR count). The van der Waals surface area contributed by atoms with Gasteiger partial charge in [-0.3, -0.25) is 9.69 Å². The highest BCUT2D eigenvalue weighted by Gasteiger charge is 2.17. The zero-order chi connectivity index (χ0) is 18.2. The number of hydrogen-bond acceptors (Lipinski definition) is 5. The van der Waals surface area contributed by atoms with Crippen LogP contribution in [0.4, 0.5) is 0 Å². The highest BCUT2D eigenvalue weighted by molar-refractivity contribution is 14.0. The SMILES string of the molecule is CCNC(=NCc1nc(C)c(C)s1)NCCN1CCN(C(C)=O)CC1.I. The number of hydrogen-bond donors (Lipinski definition) is 2. The van der Waals surface area contributed by atoms with Gasteiger partial charge in [-0.25, -0.2) is 9.98 Å². The molecule has 1 amide bonds. The molecule has 0 aliphatic carbocycles. The maximum Gasteiger partial charge on any atom is 0.219 e. The van der Waals surface area contributed by atoms with Crippen molar-refractivity contribution >= 4 is 47.2 Å². The van der Waals surface area contributed by atoms with Crippen LogP contribution in [-0.2, 0) is 11.3 Å². The summed E-state index contributed by atoms with van der Waals surface area (Å²) in [6.07, 6.45) is 0. The Morgan fingerprint density at radius 2 is 1.92 bits per heavy atom. The van der Waals surface area contributed by atoms with E-state index >= 15 is 0 Å². The largest absolute Gasteiger partial charge is 0.357 e. The average Bonchev–Trinajstić information content (AvgIpc) is 2.91. The molecule has 1 aliphatic heterocycles. The second kappa shape index (κ2) is 11.7. The Morgan fingerprint density at radius 3 is 2.46 bits per heavy atom. The van der Waals surface area contributed by atoms with Gasteiger partial charge in [0.05, 0.1) is 12.2 Å². The first-order chi connectivity index (χ1) is 12.0. The Bertz CT molecular complexity index is 579. The molecule has 0 bridgehead atoms. The molecule has 26 heavy (non-hydrogen) atoms. The van der Waals surface area contributed by atoms with E-state index in [1.807, 2.05) is 11.8 Å². The summed E-state index contributed by atoms with van der Waals surface area (Å²) < 4.78 is 0. The van der Waals surface area contributed by atoms with Gasteiger partial charge in [0.1, 0.15) is 5.01 Å². The van der Waals surface area contributed by atoms with Crippen LogP contribution in [0, 0.1) is 13.8 Å². The van der Waals surface area contributed by atoms with E-state index in [1.165, 1.54) is 4.88 Å². The first-order valence-electron chi connectivity index (χ1n) is 8.92. The Morgan fingerprint density at radius 1 is 1.23 bits per heavy atom. The van der Waals surface area contributed by atoms with E-state index in [-0.39, 0.29) is 29.9 Å². The van der Waals surface area contributed by atoms with Crippen LogP contribution >= 0.6 is 35.3 Å². The molecule has 0 saturated carbocycles. The van der Waals surface area contributed by atoms with Crippen molar-refractivity contribution in [2.45, 2.75) is 34.2 Å². The van der Waals surface area contributed by atoms with E-state index < -0.39 is 0 Å². The van der Waals surface area contributed by atoms with E-state index in [2.05, 4.69) is 39.4 Å². The van der Waals surface area contributed by atoms with Crippen LogP contribution < -0.4 is 10.6 Å². The number of guanidine groups is 1. The zero-order valence-corrected chi connectivity index (χ0v) is 19.3. The quantitative estimate of drug-likeness (QED) is 0.357. The molecule has 1 aliphatic rings. The number of carbonyl (C=O) groups is 1. The minimum absolute atomic E-state index is 0. The molecule has 1 fully saturated rings. The summed E-state index contributed by atoms with van der Waals surface area (Å²) in [5, 5.41) is 7.71. The number of nitrogens with one attached hydrogen (secondary N) is 2. The smallest absolute Gasteiger partial charge is 0.219 e. The molecule has 0 spiro atoms. The van der Waals surface area contributed by atoms with Crippen molar-refractivity contribution < 1.29 is 4.79 Å². The fraction of sp³-hybridized carbons (Fsp3) is 0.706. The van der Waals surface area contributed by atoms with Crippen molar-refractivity contribution in [2.24, 2.45) is 4.99 Å². The lowest BCUT2D eigenvalue weighted by Crippen LogP contribution is -2.50. The van der Waals surface area contributed by atoms with E-state index in [1.54, 1.807) is 18.3 Å². The highest BCUT2D eigenvalue weighted by Crippen LogP contribution is 2.16. The number of aliphatic imine (C=N–C) groups is 1. The molecular formula is C17H31IN6OS. The Kier molecular flexibility index (Phi) is 10.4. The predicted molar refractivity (Wildman–Crippen MR) is 119 cm³/mol. The predicted octanol–water partition coefficient (Wildman–Crippen LogP) is 1.60. The van der Waals surface area contributed by atoms with Crippen molar-refractivity contribution in [1.29, 1.82) is 0 Å². The van der Waals surface area contributed by atoms with Gasteiger partial charge in [-0.05, 0) is 20.8 Å². The van der Waals surface area contributed by atoms with Gasteiger partial charge in [0.25, 0.3) is 0 Å². The summed E-state index contributed by atoms with van der Waals surface area (Å²) in [5.74, 6) is 1.00. The van der Waals surface area contributed by atoms with Gasteiger partial charge in [-0.1, -0.05) is 0 Å². The van der Waals surface area contributed by atoms with Gasteiger partial charge in [-0.15, -0.1) is 35.3 Å². The maximum atomic E-state index is 11.4. The fourth-order valence-electron chi connectivity index (χ4n) is 2.71. The summed E-state index contributed by atoms with van der Waals surface area (Å²) in [6, 6.07) is 0. The second-order valence-corrected chi connectivity index (χ2v) is 7.51. The summed E-state index contributed by atoms with van der Waals surface area (Å²) >= 11 is 1.71. The molecule has 0 radical (unpaired) electrons. The van der Waals surface area contributed by atoms with E-state index in [9.17, 15) is 4.79 Å². The molecule has 2 heterocycles. The Hall–Kier alpha value is -0.940. The van der Waals surface area contributed by atoms with Gasteiger partial charge in [-0.2, -0.15) is 0 Å². The van der Waals surface area contributed by atoms with E-state index in [4.69, 9.17) is 0 Å². The number of rotatable bonds is 6. The maximum absolute atomic E-state index is 11.4. The Labute approximate surface area is 177 Å². The van der Waals surface area contributed by atoms with Gasteiger partial charge in [0.15, 0.2) is 5.96 Å². The lowest BCUT2D eigenvalue weighted by Gasteiger charge is -2.34. The molecule has 9 heteroatoms. The monoisotopic (exact) mass is 494 g/mol. The molecule has 1 saturated heterocycles. The standard InChI is InChI=1S/C17H30N6OS.HI/c1-5-18-17(20-12-16-21-13(2)14(3)25-16)19-6-7-22-8-10-23(11-9-22)15(4)24;/h5-12H2,1-4H3,(H2,18,19,20);1H. The van der Waals surface area contributed by atoms with Crippen LogP contribution in [-0.4, -0.2) is 72.5 Å². The molecule has 148 valence electrons. The van der Waals surface area contributed by atoms with Crippen LogP contribution in [0.3, 0.4) is 0 Å². The lowest BCUT2D eigenvalue weighted by molar-refractivity contribution is -0.130. The second-order valence-electron chi connectivity index (χ2n) is 6.22. The van der Waals surface area contributed by atoms with E-state index in [0.717, 1.165) is 62.5 Å². The number of aryl methyl sites for hydroxylation is 2. The summed E-state index contributed by atoms with van der Waals surface area (Å²) in [5.41, 5.74) is 1.10. The molecule has 0 aromatic carbocycles. The van der Waals surface area contributed by atoms with Crippen molar-refractivity contribution in [3.05, 3.63) is 15.6 Å². The number of thiazole rings is 1. The summed E-state index contributed by atoms with van der Waals surface area (Å²) in [4.78, 5) is 26.1. The third-order valence-corrected chi connectivity index (χ3v) is 5.39. The molecule has 7 nitrogen and oxygen atoms in total. The van der Waals surface area contributed by atoms with Crippen LogP contribution in [0.5, 0.6) is 0 Å². The molecule has 1 aromatic heterocycles. The minimum atomic E-state index is 0. The number of piperazine rings is 1. The first kappa shape index (κ1) is 23.1. The number of aromatic nitrogens is 1. The molecular weight excluding hydrogens is 463 g/mol. The van der Waals surface area contributed by atoms with Crippen molar-refractivity contribution in [1.82, 2.24) is 25.4 Å². The molecule has 0 unspecified atom stereocenters. The van der Waals surface area contributed by atoms with Crippen LogP contribution in [0.25, 0.3) is 0 Å². The molecule has 0 atom stereocenters. The average molecular weight is 494 g/mol. The van der Waals surface area contributed by atoms with Crippen LogP contribution in [0.15, 0.2) is 4.99 Å². The number of nitrogens with zero attached hydrogens (tertiary/aromatic N) is 4. The van der Waals surface area contributed by atoms with Crippen molar-refractivity contribution in [3.63, 3.8) is 0 Å². The molecule has 1 aromatic rings. The Balaban J connectivity index is 0.00000338. The summed E-state index contributed by atoms with van der Waals surface area (Å²) in [6.45, 7) is 14.6. The first-order valence-corrected chi connectivity index (χ1v) is 9.74. The highest BCUT2D eigenvalue weighted by atomic mass is 127.